The van der Waals surface area contributed by atoms with Gasteiger partial charge in [-0.15, -0.1) is 0 Å². The van der Waals surface area contributed by atoms with E-state index in [4.69, 9.17) is 23.2 Å². The van der Waals surface area contributed by atoms with Crippen LogP contribution in [0.4, 0.5) is 0 Å². The maximum absolute atomic E-state index is 11.0. The van der Waals surface area contributed by atoms with Crippen molar-refractivity contribution < 1.29 is 4.79 Å². The lowest BCUT2D eigenvalue weighted by molar-refractivity contribution is -0.121. The van der Waals surface area contributed by atoms with Crippen molar-refractivity contribution in [1.82, 2.24) is 10.4 Å². The van der Waals surface area contributed by atoms with Crippen LogP contribution in [0.3, 0.4) is 0 Å². The van der Waals surface area contributed by atoms with Crippen LogP contribution in [0.25, 0.3) is 0 Å². The van der Waals surface area contributed by atoms with Crippen LogP contribution < -0.4 is 5.43 Å². The van der Waals surface area contributed by atoms with Crippen LogP contribution in [-0.4, -0.2) is 17.5 Å². The second kappa shape index (κ2) is 4.39. The van der Waals surface area contributed by atoms with E-state index in [1.165, 1.54) is 0 Å². The highest BCUT2D eigenvalue weighted by molar-refractivity contribution is 6.42. The van der Waals surface area contributed by atoms with Crippen LogP contribution in [0.2, 0.25) is 10.0 Å². The molecule has 0 unspecified atom stereocenters. The van der Waals surface area contributed by atoms with Crippen molar-refractivity contribution in [1.29, 1.82) is 0 Å². The van der Waals surface area contributed by atoms with Gasteiger partial charge >= 0.3 is 0 Å². The lowest BCUT2D eigenvalue weighted by atomic mass is 10.2. The van der Waals surface area contributed by atoms with E-state index in [0.717, 1.165) is 12.1 Å². The Bertz CT molecular complexity index is 395. The molecule has 0 atom stereocenters. The van der Waals surface area contributed by atoms with Crippen molar-refractivity contribution in [2.75, 3.05) is 6.54 Å². The summed E-state index contributed by atoms with van der Waals surface area (Å²) in [5.41, 5.74) is 3.79. The van der Waals surface area contributed by atoms with E-state index in [-0.39, 0.29) is 5.91 Å². The first-order chi connectivity index (χ1) is 7.15. The molecule has 1 N–H and O–H groups in total. The van der Waals surface area contributed by atoms with Crippen LogP contribution in [0.5, 0.6) is 0 Å². The number of amides is 1. The molecule has 5 heteroatoms. The molecule has 1 aliphatic heterocycles. The highest BCUT2D eigenvalue weighted by atomic mass is 35.5. The van der Waals surface area contributed by atoms with Crippen LogP contribution >= 0.6 is 23.2 Å². The van der Waals surface area contributed by atoms with Gasteiger partial charge in [0.05, 0.1) is 10.0 Å². The van der Waals surface area contributed by atoms with E-state index in [1.807, 2.05) is 17.1 Å². The van der Waals surface area contributed by atoms with Crippen molar-refractivity contribution in [2.24, 2.45) is 0 Å². The smallest absolute Gasteiger partial charge is 0.235 e. The molecule has 0 spiro atoms. The van der Waals surface area contributed by atoms with Gasteiger partial charge in [0, 0.05) is 19.5 Å². The van der Waals surface area contributed by atoms with Crippen LogP contribution in [-0.2, 0) is 11.3 Å². The molecule has 1 aromatic rings. The fourth-order valence-electron chi connectivity index (χ4n) is 1.50. The standard InChI is InChI=1S/C10H10Cl2N2O/c11-8-2-1-7(5-9(8)12)6-14-4-3-10(15)13-14/h1-2,5H,3-4,6H2,(H,13,15). The molecule has 0 bridgehead atoms. The number of carbonyl (C=O) groups is 1. The Hall–Kier alpha value is -0.770. The fraction of sp³-hybridized carbons (Fsp3) is 0.300. The molecule has 1 aromatic carbocycles. The summed E-state index contributed by atoms with van der Waals surface area (Å²) < 4.78 is 0. The minimum Gasteiger partial charge on any atom is -0.289 e. The van der Waals surface area contributed by atoms with Gasteiger partial charge in [0.25, 0.3) is 0 Å². The van der Waals surface area contributed by atoms with E-state index >= 15 is 0 Å². The number of carbonyl (C=O) groups excluding carboxylic acids is 1. The second-order valence-electron chi connectivity index (χ2n) is 3.45. The van der Waals surface area contributed by atoms with Crippen molar-refractivity contribution in [3.05, 3.63) is 33.8 Å². The molecule has 1 amide bonds. The number of halogens is 2. The van der Waals surface area contributed by atoms with E-state index in [2.05, 4.69) is 5.43 Å². The normalized spacial score (nSPS) is 16.8. The maximum atomic E-state index is 11.0. The minimum absolute atomic E-state index is 0.0649. The minimum atomic E-state index is 0.0649. The Kier molecular flexibility index (Phi) is 3.14. The summed E-state index contributed by atoms with van der Waals surface area (Å²) in [6.45, 7) is 1.39. The van der Waals surface area contributed by atoms with E-state index < -0.39 is 0 Å². The van der Waals surface area contributed by atoms with Crippen molar-refractivity contribution >= 4 is 29.1 Å². The van der Waals surface area contributed by atoms with Gasteiger partial charge in [0.1, 0.15) is 0 Å². The topological polar surface area (TPSA) is 32.3 Å². The van der Waals surface area contributed by atoms with E-state index in [9.17, 15) is 4.79 Å². The monoisotopic (exact) mass is 244 g/mol. The van der Waals surface area contributed by atoms with Crippen molar-refractivity contribution in [3.63, 3.8) is 0 Å². The first-order valence-corrected chi connectivity index (χ1v) is 5.39. The molecule has 0 radical (unpaired) electrons. The van der Waals surface area contributed by atoms with Gasteiger partial charge in [-0.1, -0.05) is 29.3 Å². The summed E-state index contributed by atoms with van der Waals surface area (Å²) in [5.74, 6) is 0.0649. The Morgan fingerprint density at radius 3 is 2.73 bits per heavy atom. The number of hydrogen-bond acceptors (Lipinski definition) is 2. The second-order valence-corrected chi connectivity index (χ2v) is 4.27. The predicted molar refractivity (Wildman–Crippen MR) is 59.6 cm³/mol. The molecule has 80 valence electrons. The van der Waals surface area contributed by atoms with E-state index in [0.29, 0.717) is 23.0 Å². The SMILES string of the molecule is O=C1CCN(Cc2ccc(Cl)c(Cl)c2)N1. The average Bonchev–Trinajstić information content (AvgIpc) is 2.58. The zero-order valence-electron chi connectivity index (χ0n) is 7.96. The molecule has 0 saturated carbocycles. The molecule has 1 heterocycles. The quantitative estimate of drug-likeness (QED) is 0.866. The van der Waals surface area contributed by atoms with Gasteiger partial charge in [-0.05, 0) is 17.7 Å². The number of benzene rings is 1. The Balaban J connectivity index is 2.05. The first kappa shape index (κ1) is 10.7. The summed E-state index contributed by atoms with van der Waals surface area (Å²) >= 11 is 11.7. The number of nitrogens with zero attached hydrogens (tertiary/aromatic N) is 1. The van der Waals surface area contributed by atoms with Gasteiger partial charge in [-0.3, -0.25) is 10.2 Å². The van der Waals surface area contributed by atoms with Crippen molar-refractivity contribution in [3.8, 4) is 0 Å². The third-order valence-corrected chi connectivity index (χ3v) is 2.99. The summed E-state index contributed by atoms with van der Waals surface area (Å²) in [7, 11) is 0. The highest BCUT2D eigenvalue weighted by Gasteiger charge is 2.18. The molecule has 0 aliphatic carbocycles. The highest BCUT2D eigenvalue weighted by Crippen LogP contribution is 2.23. The van der Waals surface area contributed by atoms with Gasteiger partial charge in [-0.2, -0.15) is 0 Å². The van der Waals surface area contributed by atoms with Crippen LogP contribution in [0, 0.1) is 0 Å². The number of nitrogens with one attached hydrogen (secondary N) is 1. The third-order valence-electron chi connectivity index (χ3n) is 2.25. The van der Waals surface area contributed by atoms with Gasteiger partial charge in [0.2, 0.25) is 5.91 Å². The van der Waals surface area contributed by atoms with Gasteiger partial charge in [-0.25, -0.2) is 5.01 Å². The molecule has 15 heavy (non-hydrogen) atoms. The average molecular weight is 245 g/mol. The molecule has 1 aliphatic rings. The molecular formula is C10H10Cl2N2O. The summed E-state index contributed by atoms with van der Waals surface area (Å²) in [5, 5.41) is 2.95. The Morgan fingerprint density at radius 2 is 2.13 bits per heavy atom. The summed E-state index contributed by atoms with van der Waals surface area (Å²) in [6.07, 6.45) is 0.557. The van der Waals surface area contributed by atoms with E-state index in [1.54, 1.807) is 6.07 Å². The lowest BCUT2D eigenvalue weighted by Gasteiger charge is -2.14. The van der Waals surface area contributed by atoms with Crippen LogP contribution in [0.15, 0.2) is 18.2 Å². The lowest BCUT2D eigenvalue weighted by Crippen LogP contribution is -2.32. The Labute approximate surface area is 97.9 Å². The van der Waals surface area contributed by atoms with Crippen LogP contribution in [0.1, 0.15) is 12.0 Å². The van der Waals surface area contributed by atoms with Gasteiger partial charge in [0.15, 0.2) is 0 Å². The van der Waals surface area contributed by atoms with Crippen molar-refractivity contribution in [2.45, 2.75) is 13.0 Å². The molecule has 3 nitrogen and oxygen atoms in total. The third kappa shape index (κ3) is 2.62. The molecule has 0 aromatic heterocycles. The molecule has 2 rings (SSSR count). The number of hydrazine groups is 1. The molecular weight excluding hydrogens is 235 g/mol. The largest absolute Gasteiger partial charge is 0.289 e. The molecule has 1 saturated heterocycles. The summed E-state index contributed by atoms with van der Waals surface area (Å²) in [6, 6.07) is 5.48. The zero-order valence-corrected chi connectivity index (χ0v) is 9.48. The number of rotatable bonds is 2. The Morgan fingerprint density at radius 1 is 1.33 bits per heavy atom. The number of hydrogen-bond donors (Lipinski definition) is 1. The predicted octanol–water partition coefficient (Wildman–Crippen LogP) is 2.23. The summed E-state index contributed by atoms with van der Waals surface area (Å²) in [4.78, 5) is 11.0. The fourth-order valence-corrected chi connectivity index (χ4v) is 1.82. The first-order valence-electron chi connectivity index (χ1n) is 4.63. The molecule has 1 fully saturated rings. The zero-order chi connectivity index (χ0) is 10.8. The maximum Gasteiger partial charge on any atom is 0.235 e. The van der Waals surface area contributed by atoms with Gasteiger partial charge < -0.3 is 0 Å².